The summed E-state index contributed by atoms with van der Waals surface area (Å²) >= 11 is 0. The number of nitrogens with zero attached hydrogens (tertiary/aromatic N) is 2. The van der Waals surface area contributed by atoms with Gasteiger partial charge in [0.25, 0.3) is 0 Å². The van der Waals surface area contributed by atoms with Crippen LogP contribution in [0.1, 0.15) is 21.5 Å². The lowest BCUT2D eigenvalue weighted by Crippen LogP contribution is -2.07. The Bertz CT molecular complexity index is 912. The number of aromatic nitrogens is 2. The largest absolute Gasteiger partial charge is 0.465 e. The highest BCUT2D eigenvalue weighted by Crippen LogP contribution is 2.22. The van der Waals surface area contributed by atoms with Crippen LogP contribution < -0.4 is 5.32 Å². The number of aryl methyl sites for hydroxylation is 1. The van der Waals surface area contributed by atoms with Gasteiger partial charge < -0.3 is 10.1 Å². The number of halogens is 1. The van der Waals surface area contributed by atoms with Crippen LogP contribution in [0.15, 0.2) is 42.7 Å². The van der Waals surface area contributed by atoms with Crippen LogP contribution >= 0.6 is 0 Å². The Hall–Kier alpha value is -3.02. The molecule has 1 heterocycles. The predicted octanol–water partition coefficient (Wildman–Crippen LogP) is 3.48. The molecule has 6 heteroatoms. The van der Waals surface area contributed by atoms with Crippen molar-refractivity contribution in [1.29, 1.82) is 0 Å². The molecule has 0 aliphatic carbocycles. The maximum Gasteiger partial charge on any atom is 0.337 e. The second kappa shape index (κ2) is 6.62. The average molecular weight is 325 g/mol. The van der Waals surface area contributed by atoms with Gasteiger partial charge >= 0.3 is 5.97 Å². The van der Waals surface area contributed by atoms with Gasteiger partial charge in [0.1, 0.15) is 18.0 Å². The van der Waals surface area contributed by atoms with Crippen LogP contribution in [0.3, 0.4) is 0 Å². The SMILES string of the molecule is COC(=O)c1ccc(F)c(CNc2ncnc3c(C)cccc23)c1. The van der Waals surface area contributed by atoms with Crippen molar-refractivity contribution in [2.24, 2.45) is 0 Å². The third-order valence-corrected chi connectivity index (χ3v) is 3.78. The van der Waals surface area contributed by atoms with Gasteiger partial charge in [-0.3, -0.25) is 0 Å². The molecule has 0 unspecified atom stereocenters. The molecule has 0 amide bonds. The van der Waals surface area contributed by atoms with Crippen LogP contribution in [0, 0.1) is 12.7 Å². The van der Waals surface area contributed by atoms with E-state index >= 15 is 0 Å². The zero-order valence-corrected chi connectivity index (χ0v) is 13.3. The molecule has 3 aromatic rings. The molecule has 3 rings (SSSR count). The van der Waals surface area contributed by atoms with Crippen molar-refractivity contribution >= 4 is 22.7 Å². The van der Waals surface area contributed by atoms with Gasteiger partial charge in [0.2, 0.25) is 0 Å². The molecule has 2 aromatic carbocycles. The predicted molar refractivity (Wildman–Crippen MR) is 89.3 cm³/mol. The summed E-state index contributed by atoms with van der Waals surface area (Å²) in [6, 6.07) is 9.93. The fourth-order valence-electron chi connectivity index (χ4n) is 2.51. The second-order valence-electron chi connectivity index (χ2n) is 5.34. The number of hydrogen-bond donors (Lipinski definition) is 1. The molecule has 0 saturated carbocycles. The number of rotatable bonds is 4. The normalized spacial score (nSPS) is 10.6. The summed E-state index contributed by atoms with van der Waals surface area (Å²) in [5, 5.41) is 3.98. The molecule has 1 N–H and O–H groups in total. The van der Waals surface area contributed by atoms with Gasteiger partial charge in [-0.05, 0) is 36.8 Å². The highest BCUT2D eigenvalue weighted by atomic mass is 19.1. The van der Waals surface area contributed by atoms with E-state index in [2.05, 4.69) is 20.0 Å². The fraction of sp³-hybridized carbons (Fsp3) is 0.167. The standard InChI is InChI=1S/C18H16FN3O2/c1-11-4-3-5-14-16(11)21-10-22-17(14)20-9-13-8-12(18(23)24-2)6-7-15(13)19/h3-8,10H,9H2,1-2H3,(H,20,21,22). The Balaban J connectivity index is 1.89. The molecule has 0 fully saturated rings. The van der Waals surface area contributed by atoms with Gasteiger partial charge in [0.05, 0.1) is 18.2 Å². The van der Waals surface area contributed by atoms with E-state index in [-0.39, 0.29) is 6.54 Å². The van der Waals surface area contributed by atoms with Crippen molar-refractivity contribution < 1.29 is 13.9 Å². The number of hydrogen-bond acceptors (Lipinski definition) is 5. The summed E-state index contributed by atoms with van der Waals surface area (Å²) in [7, 11) is 1.29. The van der Waals surface area contributed by atoms with E-state index in [4.69, 9.17) is 0 Å². The third kappa shape index (κ3) is 3.03. The van der Waals surface area contributed by atoms with E-state index in [1.165, 1.54) is 31.6 Å². The number of anilines is 1. The zero-order valence-electron chi connectivity index (χ0n) is 13.3. The van der Waals surface area contributed by atoms with Crippen molar-refractivity contribution in [3.05, 3.63) is 65.2 Å². The van der Waals surface area contributed by atoms with E-state index in [1.807, 2.05) is 25.1 Å². The number of nitrogens with one attached hydrogen (secondary N) is 1. The van der Waals surface area contributed by atoms with Crippen LogP contribution in [0.2, 0.25) is 0 Å². The van der Waals surface area contributed by atoms with Gasteiger partial charge in [-0.2, -0.15) is 0 Å². The van der Waals surface area contributed by atoms with Gasteiger partial charge in [-0.15, -0.1) is 0 Å². The molecule has 0 radical (unpaired) electrons. The second-order valence-corrected chi connectivity index (χ2v) is 5.34. The van der Waals surface area contributed by atoms with Crippen LogP contribution in [-0.4, -0.2) is 23.0 Å². The number of carbonyl (C=O) groups is 1. The van der Waals surface area contributed by atoms with Crippen LogP contribution in [0.4, 0.5) is 10.2 Å². The Morgan fingerprint density at radius 1 is 1.25 bits per heavy atom. The molecule has 0 saturated heterocycles. The quantitative estimate of drug-likeness (QED) is 0.744. The minimum Gasteiger partial charge on any atom is -0.465 e. The van der Waals surface area contributed by atoms with Crippen LogP contribution in [-0.2, 0) is 11.3 Å². The Labute approximate surface area is 138 Å². The minimum atomic E-state index is -0.501. The van der Waals surface area contributed by atoms with Gasteiger partial charge in [0.15, 0.2) is 0 Å². The summed E-state index contributed by atoms with van der Waals surface area (Å²) in [6.07, 6.45) is 1.47. The molecule has 0 aliphatic heterocycles. The van der Waals surface area contributed by atoms with E-state index in [1.54, 1.807) is 0 Å². The molecule has 5 nitrogen and oxygen atoms in total. The third-order valence-electron chi connectivity index (χ3n) is 3.78. The van der Waals surface area contributed by atoms with Crippen LogP contribution in [0.5, 0.6) is 0 Å². The Kier molecular flexibility index (Phi) is 4.37. The summed E-state index contributed by atoms with van der Waals surface area (Å²) in [5.41, 5.74) is 2.55. The summed E-state index contributed by atoms with van der Waals surface area (Å²) in [6.45, 7) is 2.16. The highest BCUT2D eigenvalue weighted by Gasteiger charge is 2.11. The Morgan fingerprint density at radius 2 is 2.08 bits per heavy atom. The monoisotopic (exact) mass is 325 g/mol. The van der Waals surface area contributed by atoms with Crippen molar-refractivity contribution in [3.63, 3.8) is 0 Å². The number of para-hydroxylation sites is 1. The van der Waals surface area contributed by atoms with E-state index in [9.17, 15) is 9.18 Å². The fourth-order valence-corrected chi connectivity index (χ4v) is 2.51. The molecule has 0 aliphatic rings. The minimum absolute atomic E-state index is 0.191. The van der Waals surface area contributed by atoms with E-state index in [0.29, 0.717) is 16.9 Å². The number of benzene rings is 2. The topological polar surface area (TPSA) is 64.1 Å². The van der Waals surface area contributed by atoms with Gasteiger partial charge in [-0.25, -0.2) is 19.2 Å². The van der Waals surface area contributed by atoms with Gasteiger partial charge in [-0.1, -0.05) is 12.1 Å². The average Bonchev–Trinajstić information content (AvgIpc) is 2.61. The smallest absolute Gasteiger partial charge is 0.337 e. The number of methoxy groups -OCH3 is 1. The summed E-state index contributed by atoms with van der Waals surface area (Å²) in [5.74, 6) is -0.282. The molecular weight excluding hydrogens is 309 g/mol. The molecule has 1 aromatic heterocycles. The maximum absolute atomic E-state index is 14.0. The molecule has 122 valence electrons. The number of fused-ring (bicyclic) bond motifs is 1. The maximum atomic E-state index is 14.0. The number of esters is 1. The molecule has 0 bridgehead atoms. The first-order valence-corrected chi connectivity index (χ1v) is 7.41. The lowest BCUT2D eigenvalue weighted by molar-refractivity contribution is 0.0600. The lowest BCUT2D eigenvalue weighted by atomic mass is 10.1. The Morgan fingerprint density at radius 3 is 2.88 bits per heavy atom. The molecule has 0 atom stereocenters. The summed E-state index contributed by atoms with van der Waals surface area (Å²) in [4.78, 5) is 20.1. The molecule has 0 spiro atoms. The number of ether oxygens (including phenoxy) is 1. The van der Waals surface area contributed by atoms with Crippen LogP contribution in [0.25, 0.3) is 10.9 Å². The first-order valence-electron chi connectivity index (χ1n) is 7.41. The van der Waals surface area contributed by atoms with E-state index in [0.717, 1.165) is 16.5 Å². The molecular formula is C18H16FN3O2. The first kappa shape index (κ1) is 15.9. The highest BCUT2D eigenvalue weighted by molar-refractivity contribution is 5.91. The summed E-state index contributed by atoms with van der Waals surface area (Å²) < 4.78 is 18.7. The zero-order chi connectivity index (χ0) is 17.1. The van der Waals surface area contributed by atoms with E-state index < -0.39 is 11.8 Å². The van der Waals surface area contributed by atoms with Crippen molar-refractivity contribution in [2.45, 2.75) is 13.5 Å². The van der Waals surface area contributed by atoms with Crippen molar-refractivity contribution in [2.75, 3.05) is 12.4 Å². The van der Waals surface area contributed by atoms with Gasteiger partial charge in [0, 0.05) is 17.5 Å². The van der Waals surface area contributed by atoms with Crippen molar-refractivity contribution in [3.8, 4) is 0 Å². The number of carbonyl (C=O) groups excluding carboxylic acids is 1. The lowest BCUT2D eigenvalue weighted by Gasteiger charge is -2.11. The first-order chi connectivity index (χ1) is 11.6. The molecule has 24 heavy (non-hydrogen) atoms. The van der Waals surface area contributed by atoms with Crippen molar-refractivity contribution in [1.82, 2.24) is 9.97 Å².